The third-order valence-electron chi connectivity index (χ3n) is 5.11. The summed E-state index contributed by atoms with van der Waals surface area (Å²) in [6, 6.07) is 7.61. The van der Waals surface area contributed by atoms with Crippen molar-refractivity contribution < 1.29 is 14.3 Å². The number of carbonyl (C=O) groups excluding carboxylic acids is 2. The second-order valence-corrected chi connectivity index (χ2v) is 6.72. The Bertz CT molecular complexity index is 634. The molecule has 0 spiro atoms. The van der Waals surface area contributed by atoms with Crippen LogP contribution >= 0.6 is 0 Å². The van der Waals surface area contributed by atoms with Gasteiger partial charge in [0.15, 0.2) is 0 Å². The lowest BCUT2D eigenvalue weighted by Gasteiger charge is -2.36. The second-order valence-electron chi connectivity index (χ2n) is 6.72. The molecule has 0 aliphatic carbocycles. The third-order valence-corrected chi connectivity index (χ3v) is 5.11. The van der Waals surface area contributed by atoms with Gasteiger partial charge >= 0.3 is 0 Å². The number of anilines is 1. The summed E-state index contributed by atoms with van der Waals surface area (Å²) in [5.74, 6) is 0.435. The van der Waals surface area contributed by atoms with Crippen LogP contribution in [0, 0.1) is 5.92 Å². The first kappa shape index (κ1) is 17.7. The lowest BCUT2D eigenvalue weighted by molar-refractivity contribution is -0.139. The van der Waals surface area contributed by atoms with E-state index < -0.39 is 0 Å². The summed E-state index contributed by atoms with van der Waals surface area (Å²) in [6.07, 6.45) is 3.34. The third kappa shape index (κ3) is 3.63. The first-order chi connectivity index (χ1) is 12.2. The predicted octanol–water partition coefficient (Wildman–Crippen LogP) is 1.78. The standard InChI is InChI=1S/C19H27N3O3/c1-2-25-17-9-4-3-8-16(17)22-13-14(11-18(22)23)19(24)21-10-6-5-7-15(21)12-20/h3-4,8-9,14-15H,2,5-7,10-13,20H2,1H3. The highest BCUT2D eigenvalue weighted by Gasteiger charge is 2.39. The lowest BCUT2D eigenvalue weighted by atomic mass is 9.98. The average Bonchev–Trinajstić information content (AvgIpc) is 3.03. The molecule has 0 radical (unpaired) electrons. The van der Waals surface area contributed by atoms with Crippen LogP contribution in [0.1, 0.15) is 32.6 Å². The second kappa shape index (κ2) is 7.87. The fraction of sp³-hybridized carbons (Fsp3) is 0.579. The largest absolute Gasteiger partial charge is 0.492 e. The minimum Gasteiger partial charge on any atom is -0.492 e. The van der Waals surface area contributed by atoms with E-state index >= 15 is 0 Å². The van der Waals surface area contributed by atoms with Crippen molar-refractivity contribution in [3.63, 3.8) is 0 Å². The van der Waals surface area contributed by atoms with Crippen LogP contribution < -0.4 is 15.4 Å². The molecule has 2 aliphatic heterocycles. The Morgan fingerprint density at radius 2 is 2.12 bits per heavy atom. The molecule has 1 aromatic carbocycles. The minimum atomic E-state index is -0.297. The number of benzene rings is 1. The fourth-order valence-corrected chi connectivity index (χ4v) is 3.83. The monoisotopic (exact) mass is 345 g/mol. The normalized spacial score (nSPS) is 23.8. The smallest absolute Gasteiger partial charge is 0.228 e. The summed E-state index contributed by atoms with van der Waals surface area (Å²) in [7, 11) is 0. The zero-order chi connectivity index (χ0) is 17.8. The first-order valence-electron chi connectivity index (χ1n) is 9.18. The zero-order valence-corrected chi connectivity index (χ0v) is 14.8. The number of hydrogen-bond donors (Lipinski definition) is 1. The number of carbonyl (C=O) groups is 2. The summed E-state index contributed by atoms with van der Waals surface area (Å²) in [4.78, 5) is 29.1. The van der Waals surface area contributed by atoms with Crippen molar-refractivity contribution in [2.24, 2.45) is 11.7 Å². The van der Waals surface area contributed by atoms with Gasteiger partial charge in [0.25, 0.3) is 0 Å². The molecule has 2 fully saturated rings. The van der Waals surface area contributed by atoms with Gasteiger partial charge in [0.05, 0.1) is 18.2 Å². The van der Waals surface area contributed by atoms with E-state index in [0.29, 0.717) is 25.4 Å². The molecule has 1 aromatic rings. The first-order valence-corrected chi connectivity index (χ1v) is 9.18. The van der Waals surface area contributed by atoms with Gasteiger partial charge in [-0.1, -0.05) is 12.1 Å². The Morgan fingerprint density at radius 3 is 2.88 bits per heavy atom. The van der Waals surface area contributed by atoms with E-state index in [1.807, 2.05) is 36.1 Å². The van der Waals surface area contributed by atoms with Crippen LogP contribution in [0.25, 0.3) is 0 Å². The van der Waals surface area contributed by atoms with Crippen LogP contribution in [0.4, 0.5) is 5.69 Å². The van der Waals surface area contributed by atoms with Gasteiger partial charge in [-0.05, 0) is 38.3 Å². The van der Waals surface area contributed by atoms with Crippen molar-refractivity contribution in [2.45, 2.75) is 38.6 Å². The van der Waals surface area contributed by atoms with E-state index in [1.54, 1.807) is 4.90 Å². The highest BCUT2D eigenvalue weighted by Crippen LogP contribution is 2.34. The van der Waals surface area contributed by atoms with Gasteiger partial charge in [-0.3, -0.25) is 9.59 Å². The van der Waals surface area contributed by atoms with E-state index in [0.717, 1.165) is 31.5 Å². The maximum absolute atomic E-state index is 13.0. The molecule has 25 heavy (non-hydrogen) atoms. The zero-order valence-electron chi connectivity index (χ0n) is 14.8. The van der Waals surface area contributed by atoms with Gasteiger partial charge in [-0.15, -0.1) is 0 Å². The van der Waals surface area contributed by atoms with E-state index in [-0.39, 0.29) is 30.2 Å². The highest BCUT2D eigenvalue weighted by molar-refractivity contribution is 6.01. The number of ether oxygens (including phenoxy) is 1. The molecular weight excluding hydrogens is 318 g/mol. The van der Waals surface area contributed by atoms with Crippen LogP contribution in [0.2, 0.25) is 0 Å². The van der Waals surface area contributed by atoms with Crippen molar-refractivity contribution >= 4 is 17.5 Å². The van der Waals surface area contributed by atoms with Crippen LogP contribution in [-0.2, 0) is 9.59 Å². The number of piperidine rings is 1. The summed E-state index contributed by atoms with van der Waals surface area (Å²) in [6.45, 7) is 4.10. The summed E-state index contributed by atoms with van der Waals surface area (Å²) in [5, 5.41) is 0. The molecule has 2 amide bonds. The van der Waals surface area contributed by atoms with Crippen molar-refractivity contribution in [3.8, 4) is 5.75 Å². The molecule has 3 rings (SSSR count). The van der Waals surface area contributed by atoms with Crippen molar-refractivity contribution in [1.29, 1.82) is 0 Å². The van der Waals surface area contributed by atoms with Crippen LogP contribution in [0.15, 0.2) is 24.3 Å². The van der Waals surface area contributed by atoms with Crippen LogP contribution in [0.3, 0.4) is 0 Å². The topological polar surface area (TPSA) is 75.9 Å². The average molecular weight is 345 g/mol. The molecule has 2 N–H and O–H groups in total. The van der Waals surface area contributed by atoms with Gasteiger partial charge in [0, 0.05) is 32.1 Å². The summed E-state index contributed by atoms with van der Waals surface area (Å²) >= 11 is 0. The van der Waals surface area contributed by atoms with E-state index in [4.69, 9.17) is 10.5 Å². The number of para-hydroxylation sites is 2. The summed E-state index contributed by atoms with van der Waals surface area (Å²) in [5.41, 5.74) is 6.59. The molecule has 2 unspecified atom stereocenters. The molecular formula is C19H27N3O3. The molecule has 6 nitrogen and oxygen atoms in total. The van der Waals surface area contributed by atoms with Crippen LogP contribution in [-0.4, -0.2) is 49.0 Å². The Labute approximate surface area is 148 Å². The van der Waals surface area contributed by atoms with Crippen molar-refractivity contribution in [3.05, 3.63) is 24.3 Å². The SMILES string of the molecule is CCOc1ccccc1N1CC(C(=O)N2CCCCC2CN)CC1=O. The van der Waals surface area contributed by atoms with Crippen molar-refractivity contribution in [2.75, 3.05) is 31.1 Å². The predicted molar refractivity (Wildman–Crippen MR) is 96.5 cm³/mol. The summed E-state index contributed by atoms with van der Waals surface area (Å²) < 4.78 is 5.64. The number of likely N-dealkylation sites (tertiary alicyclic amines) is 1. The molecule has 2 aliphatic rings. The number of rotatable bonds is 5. The van der Waals surface area contributed by atoms with Gasteiger partial charge in [-0.25, -0.2) is 0 Å². The quantitative estimate of drug-likeness (QED) is 0.882. The molecule has 136 valence electrons. The van der Waals surface area contributed by atoms with Gasteiger partial charge in [0.2, 0.25) is 11.8 Å². The van der Waals surface area contributed by atoms with E-state index in [1.165, 1.54) is 0 Å². The minimum absolute atomic E-state index is 0.0215. The van der Waals surface area contributed by atoms with Crippen molar-refractivity contribution in [1.82, 2.24) is 4.90 Å². The number of nitrogens with two attached hydrogens (primary N) is 1. The molecule has 0 saturated carbocycles. The molecule has 2 atom stereocenters. The molecule has 2 saturated heterocycles. The molecule has 0 aromatic heterocycles. The Morgan fingerprint density at radius 1 is 1.32 bits per heavy atom. The Hall–Kier alpha value is -2.08. The van der Waals surface area contributed by atoms with Gasteiger partial charge < -0.3 is 20.3 Å². The number of amides is 2. The number of hydrogen-bond acceptors (Lipinski definition) is 4. The molecule has 2 heterocycles. The van der Waals surface area contributed by atoms with E-state index in [2.05, 4.69) is 0 Å². The maximum atomic E-state index is 13.0. The maximum Gasteiger partial charge on any atom is 0.228 e. The Balaban J connectivity index is 1.75. The van der Waals surface area contributed by atoms with Gasteiger partial charge in [0.1, 0.15) is 5.75 Å². The lowest BCUT2D eigenvalue weighted by Crippen LogP contribution is -2.50. The number of nitrogens with zero attached hydrogens (tertiary/aromatic N) is 2. The Kier molecular flexibility index (Phi) is 5.58. The molecule has 6 heteroatoms. The molecule has 0 bridgehead atoms. The highest BCUT2D eigenvalue weighted by atomic mass is 16.5. The van der Waals surface area contributed by atoms with Gasteiger partial charge in [-0.2, -0.15) is 0 Å². The van der Waals surface area contributed by atoms with E-state index in [9.17, 15) is 9.59 Å². The van der Waals surface area contributed by atoms with Crippen LogP contribution in [0.5, 0.6) is 5.75 Å². The fourth-order valence-electron chi connectivity index (χ4n) is 3.83.